The van der Waals surface area contributed by atoms with Crippen molar-refractivity contribution >= 4 is 34.8 Å². The number of amides is 2. The Morgan fingerprint density at radius 1 is 1.09 bits per heavy atom. The van der Waals surface area contributed by atoms with Crippen molar-refractivity contribution in [3.05, 3.63) is 53.5 Å². The van der Waals surface area contributed by atoms with Crippen molar-refractivity contribution in [2.24, 2.45) is 5.41 Å². The van der Waals surface area contributed by atoms with Crippen LogP contribution in [0.1, 0.15) is 60.7 Å². The number of anilines is 1. The van der Waals surface area contributed by atoms with Gasteiger partial charge in [-0.15, -0.1) is 0 Å². The molecule has 8 heteroatoms. The fourth-order valence-electron chi connectivity index (χ4n) is 5.04. The Hall–Kier alpha value is -2.87. The topological polar surface area (TPSA) is 77.8 Å². The van der Waals surface area contributed by atoms with E-state index in [1.807, 2.05) is 4.90 Å². The maximum atomic E-state index is 12.6. The Bertz CT molecular complexity index is 1040. The standard InChI is InChI=1S/C26H34N4O3S/c1-18(2)20-7-4-6-19(3)23(20)28-25(34)30-14-11-26(17-30)9-12-29(13-10-26)22(31)16-27-24(32)21-8-5-15-33-21/h4-8,15,18H,9-14,16-17H2,1-3H3,(H,27,32)(H,28,34). The Morgan fingerprint density at radius 2 is 1.79 bits per heavy atom. The van der Waals surface area contributed by atoms with E-state index in [-0.39, 0.29) is 29.5 Å². The Labute approximate surface area is 206 Å². The van der Waals surface area contributed by atoms with Crippen LogP contribution in [0.25, 0.3) is 0 Å². The number of hydrogen-bond donors (Lipinski definition) is 2. The van der Waals surface area contributed by atoms with Gasteiger partial charge in [-0.3, -0.25) is 9.59 Å². The molecule has 0 bridgehead atoms. The number of likely N-dealkylation sites (tertiary alicyclic amines) is 2. The highest BCUT2D eigenvalue weighted by Gasteiger charge is 2.42. The van der Waals surface area contributed by atoms with Gasteiger partial charge in [-0.2, -0.15) is 0 Å². The van der Waals surface area contributed by atoms with Crippen LogP contribution in [0.2, 0.25) is 0 Å². The minimum absolute atomic E-state index is 0.0126. The third-order valence-corrected chi connectivity index (χ3v) is 7.57. The summed E-state index contributed by atoms with van der Waals surface area (Å²) in [5.41, 5.74) is 3.79. The van der Waals surface area contributed by atoms with Gasteiger partial charge in [-0.25, -0.2) is 0 Å². The number of aryl methyl sites for hydroxylation is 1. The molecule has 2 amide bonds. The molecule has 2 fully saturated rings. The molecule has 1 aromatic heterocycles. The zero-order chi connectivity index (χ0) is 24.3. The predicted molar refractivity (Wildman–Crippen MR) is 137 cm³/mol. The van der Waals surface area contributed by atoms with E-state index in [2.05, 4.69) is 54.5 Å². The largest absolute Gasteiger partial charge is 0.459 e. The zero-order valence-electron chi connectivity index (χ0n) is 20.2. The van der Waals surface area contributed by atoms with Crippen LogP contribution in [-0.4, -0.2) is 59.5 Å². The molecule has 0 saturated carbocycles. The van der Waals surface area contributed by atoms with Gasteiger partial charge >= 0.3 is 0 Å². The third-order valence-electron chi connectivity index (χ3n) is 7.21. The summed E-state index contributed by atoms with van der Waals surface area (Å²) in [7, 11) is 0. The van der Waals surface area contributed by atoms with E-state index in [0.29, 0.717) is 19.0 Å². The summed E-state index contributed by atoms with van der Waals surface area (Å²) in [4.78, 5) is 28.8. The molecule has 0 radical (unpaired) electrons. The van der Waals surface area contributed by atoms with Crippen molar-refractivity contribution in [1.82, 2.24) is 15.1 Å². The van der Waals surface area contributed by atoms with Gasteiger partial charge in [0.05, 0.1) is 12.8 Å². The van der Waals surface area contributed by atoms with Crippen molar-refractivity contribution in [2.45, 2.75) is 46.0 Å². The molecule has 3 heterocycles. The Morgan fingerprint density at radius 3 is 2.44 bits per heavy atom. The van der Waals surface area contributed by atoms with Crippen LogP contribution < -0.4 is 10.6 Å². The predicted octanol–water partition coefficient (Wildman–Crippen LogP) is 4.15. The quantitative estimate of drug-likeness (QED) is 0.624. The molecule has 0 unspecified atom stereocenters. The highest BCUT2D eigenvalue weighted by molar-refractivity contribution is 7.80. The summed E-state index contributed by atoms with van der Waals surface area (Å²) in [6.07, 6.45) is 4.42. The summed E-state index contributed by atoms with van der Waals surface area (Å²) >= 11 is 5.81. The number of nitrogens with zero attached hydrogens (tertiary/aromatic N) is 2. The average molecular weight is 483 g/mol. The normalized spacial score (nSPS) is 17.3. The molecule has 7 nitrogen and oxygen atoms in total. The van der Waals surface area contributed by atoms with Crippen LogP contribution in [-0.2, 0) is 4.79 Å². The lowest BCUT2D eigenvalue weighted by Gasteiger charge is -2.39. The number of rotatable bonds is 5. The lowest BCUT2D eigenvalue weighted by molar-refractivity contribution is -0.132. The maximum Gasteiger partial charge on any atom is 0.287 e. The highest BCUT2D eigenvalue weighted by Crippen LogP contribution is 2.40. The first-order chi connectivity index (χ1) is 16.3. The number of furan rings is 1. The van der Waals surface area contributed by atoms with Crippen molar-refractivity contribution in [1.29, 1.82) is 0 Å². The lowest BCUT2D eigenvalue weighted by Crippen LogP contribution is -2.48. The van der Waals surface area contributed by atoms with Gasteiger partial charge in [0.15, 0.2) is 10.9 Å². The second-order valence-corrected chi connectivity index (χ2v) is 10.2. The first-order valence-electron chi connectivity index (χ1n) is 12.0. The average Bonchev–Trinajstić information content (AvgIpc) is 3.50. The van der Waals surface area contributed by atoms with E-state index in [1.165, 1.54) is 17.4 Å². The van der Waals surface area contributed by atoms with Gasteiger partial charge in [0, 0.05) is 31.9 Å². The van der Waals surface area contributed by atoms with Crippen molar-refractivity contribution in [3.63, 3.8) is 0 Å². The van der Waals surface area contributed by atoms with Crippen LogP contribution in [0.4, 0.5) is 5.69 Å². The van der Waals surface area contributed by atoms with Crippen molar-refractivity contribution < 1.29 is 14.0 Å². The molecule has 1 spiro atoms. The first-order valence-corrected chi connectivity index (χ1v) is 12.4. The molecule has 2 saturated heterocycles. The number of carbonyl (C=O) groups excluding carboxylic acids is 2. The number of para-hydroxylation sites is 1. The molecule has 2 N–H and O–H groups in total. The Balaban J connectivity index is 1.28. The molecule has 34 heavy (non-hydrogen) atoms. The summed E-state index contributed by atoms with van der Waals surface area (Å²) < 4.78 is 5.07. The maximum absolute atomic E-state index is 12.6. The van der Waals surface area contributed by atoms with Gasteiger partial charge < -0.3 is 24.9 Å². The smallest absolute Gasteiger partial charge is 0.287 e. The summed E-state index contributed by atoms with van der Waals surface area (Å²) in [6, 6.07) is 9.61. The molecule has 2 aliphatic heterocycles. The van der Waals surface area contributed by atoms with E-state index < -0.39 is 0 Å². The van der Waals surface area contributed by atoms with E-state index in [0.717, 1.165) is 43.2 Å². The van der Waals surface area contributed by atoms with Gasteiger partial charge in [-0.1, -0.05) is 32.0 Å². The molecule has 1 aromatic carbocycles. The third kappa shape index (κ3) is 5.27. The van der Waals surface area contributed by atoms with E-state index in [9.17, 15) is 9.59 Å². The second kappa shape index (κ2) is 10.2. The number of nitrogens with one attached hydrogen (secondary N) is 2. The number of thiocarbonyl (C=S) groups is 1. The van der Waals surface area contributed by atoms with Gasteiger partial charge in [0.2, 0.25) is 5.91 Å². The fourth-order valence-corrected chi connectivity index (χ4v) is 5.30. The molecule has 0 aliphatic carbocycles. The van der Waals surface area contributed by atoms with Crippen molar-refractivity contribution in [2.75, 3.05) is 38.0 Å². The number of hydrogen-bond acceptors (Lipinski definition) is 4. The second-order valence-electron chi connectivity index (χ2n) is 9.84. The minimum atomic E-state index is -0.367. The zero-order valence-corrected chi connectivity index (χ0v) is 21.0. The van der Waals surface area contributed by atoms with Crippen LogP contribution in [0.15, 0.2) is 41.0 Å². The first kappa shape index (κ1) is 24.3. The number of piperidine rings is 1. The van der Waals surface area contributed by atoms with Crippen LogP contribution in [0.5, 0.6) is 0 Å². The van der Waals surface area contributed by atoms with E-state index in [1.54, 1.807) is 12.1 Å². The molecule has 182 valence electrons. The molecular weight excluding hydrogens is 448 g/mol. The molecular formula is C26H34N4O3S. The van der Waals surface area contributed by atoms with Gasteiger partial charge in [-0.05, 0) is 73.0 Å². The fraction of sp³-hybridized carbons (Fsp3) is 0.500. The van der Waals surface area contributed by atoms with Gasteiger partial charge in [0.1, 0.15) is 0 Å². The van der Waals surface area contributed by atoms with Crippen molar-refractivity contribution in [3.8, 4) is 0 Å². The van der Waals surface area contributed by atoms with Crippen LogP contribution >= 0.6 is 12.2 Å². The highest BCUT2D eigenvalue weighted by atomic mass is 32.1. The monoisotopic (exact) mass is 482 g/mol. The number of benzene rings is 1. The lowest BCUT2D eigenvalue weighted by atomic mass is 9.78. The van der Waals surface area contributed by atoms with E-state index >= 15 is 0 Å². The summed E-state index contributed by atoms with van der Waals surface area (Å²) in [5, 5.41) is 6.97. The summed E-state index contributed by atoms with van der Waals surface area (Å²) in [5.74, 6) is 0.212. The van der Waals surface area contributed by atoms with Crippen LogP contribution in [0.3, 0.4) is 0 Å². The number of carbonyl (C=O) groups is 2. The molecule has 0 atom stereocenters. The molecule has 2 aliphatic rings. The minimum Gasteiger partial charge on any atom is -0.459 e. The van der Waals surface area contributed by atoms with E-state index in [4.69, 9.17) is 16.6 Å². The summed E-state index contributed by atoms with van der Waals surface area (Å²) in [6.45, 7) is 9.77. The van der Waals surface area contributed by atoms with Gasteiger partial charge in [0.25, 0.3) is 5.91 Å². The van der Waals surface area contributed by atoms with Crippen LogP contribution in [0, 0.1) is 12.3 Å². The Kier molecular flexibility index (Phi) is 7.26. The SMILES string of the molecule is Cc1cccc(C(C)C)c1NC(=S)N1CCC2(CCN(C(=O)CNC(=O)c3ccco3)CC2)C1. The molecule has 4 rings (SSSR count). The molecule has 2 aromatic rings.